The number of nitrogens with one attached hydrogen (secondary N) is 2. The molecule has 0 aliphatic carbocycles. The van der Waals surface area contributed by atoms with Crippen LogP contribution < -0.4 is 25.8 Å². The lowest BCUT2D eigenvalue weighted by atomic mass is 10.1. The summed E-state index contributed by atoms with van der Waals surface area (Å²) in [7, 11) is 0. The van der Waals surface area contributed by atoms with Gasteiger partial charge in [-0.25, -0.2) is 9.18 Å². The summed E-state index contributed by atoms with van der Waals surface area (Å²) in [6.07, 6.45) is 1.76. The van der Waals surface area contributed by atoms with E-state index in [1.165, 1.54) is 17.2 Å². The number of aromatic nitrogens is 2. The standard InChI is InChI=1S/C24H22FN5O5/c25-15-9-27-16-4-6-21(32)30-11-18(22(15)23(16)30)26-7-1-2-14-10-29(24(33)35-14)13-3-5-19-17(8-13)28-20(31)12-34-19/h3-6,8-9,14,18,26H,1-2,7,10-12H2,(H,28,31)/t14-,18-/m1/s1. The van der Waals surface area contributed by atoms with Crippen molar-refractivity contribution in [1.29, 1.82) is 0 Å². The van der Waals surface area contributed by atoms with E-state index in [-0.39, 0.29) is 30.2 Å². The van der Waals surface area contributed by atoms with Crippen molar-refractivity contribution in [2.24, 2.45) is 0 Å². The van der Waals surface area contributed by atoms with E-state index in [0.717, 1.165) is 0 Å². The molecule has 180 valence electrons. The molecular formula is C24H22FN5O5. The van der Waals surface area contributed by atoms with E-state index in [1.807, 2.05) is 0 Å². The molecule has 2 amide bonds. The number of ether oxygens (including phenoxy) is 2. The highest BCUT2D eigenvalue weighted by molar-refractivity contribution is 5.97. The van der Waals surface area contributed by atoms with Gasteiger partial charge in [0.15, 0.2) is 6.61 Å². The Morgan fingerprint density at radius 3 is 2.94 bits per heavy atom. The first-order valence-corrected chi connectivity index (χ1v) is 11.4. The lowest BCUT2D eigenvalue weighted by Gasteiger charge is -2.20. The van der Waals surface area contributed by atoms with Crippen molar-refractivity contribution in [3.05, 3.63) is 58.3 Å². The van der Waals surface area contributed by atoms with E-state index in [4.69, 9.17) is 9.47 Å². The Labute approximate surface area is 198 Å². The highest BCUT2D eigenvalue weighted by atomic mass is 19.1. The fraction of sp³-hybridized carbons (Fsp3) is 0.333. The first kappa shape index (κ1) is 21.5. The Kier molecular flexibility index (Phi) is 5.14. The first-order valence-electron chi connectivity index (χ1n) is 11.4. The van der Waals surface area contributed by atoms with Gasteiger partial charge in [-0.15, -0.1) is 0 Å². The van der Waals surface area contributed by atoms with Gasteiger partial charge in [0.1, 0.15) is 17.7 Å². The topological polar surface area (TPSA) is 115 Å². The number of carbonyl (C=O) groups excluding carboxylic acids is 2. The number of nitrogens with zero attached hydrogens (tertiary/aromatic N) is 3. The van der Waals surface area contributed by atoms with Gasteiger partial charge in [-0.2, -0.15) is 0 Å². The molecule has 10 nitrogen and oxygen atoms in total. The van der Waals surface area contributed by atoms with Gasteiger partial charge in [-0.3, -0.25) is 19.5 Å². The monoisotopic (exact) mass is 479 g/mol. The molecule has 0 spiro atoms. The number of cyclic esters (lactones) is 1. The Hall–Kier alpha value is -3.99. The average molecular weight is 479 g/mol. The first-order chi connectivity index (χ1) is 17.0. The predicted molar refractivity (Wildman–Crippen MR) is 124 cm³/mol. The molecular weight excluding hydrogens is 457 g/mol. The molecule has 1 aromatic carbocycles. The second-order valence-corrected chi connectivity index (χ2v) is 8.82. The number of carbonyl (C=O) groups is 2. The maximum absolute atomic E-state index is 14.6. The van der Waals surface area contributed by atoms with Gasteiger partial charge in [0.25, 0.3) is 11.5 Å². The van der Waals surface area contributed by atoms with Crippen molar-refractivity contribution in [2.75, 3.05) is 29.9 Å². The molecule has 1 fully saturated rings. The van der Waals surface area contributed by atoms with E-state index in [9.17, 15) is 18.8 Å². The molecule has 6 rings (SSSR count). The summed E-state index contributed by atoms with van der Waals surface area (Å²) in [5.41, 5.74) is 2.56. The number of rotatable bonds is 6. The quantitative estimate of drug-likeness (QED) is 0.522. The lowest BCUT2D eigenvalue weighted by molar-refractivity contribution is -0.118. The molecule has 0 unspecified atom stereocenters. The number of fused-ring (bicyclic) bond motifs is 1. The third-order valence-corrected chi connectivity index (χ3v) is 6.58. The number of pyridine rings is 2. The summed E-state index contributed by atoms with van der Waals surface area (Å²) in [5, 5.41) is 6.07. The van der Waals surface area contributed by atoms with Crippen molar-refractivity contribution in [3.63, 3.8) is 0 Å². The van der Waals surface area contributed by atoms with Crippen molar-refractivity contribution >= 4 is 34.4 Å². The second-order valence-electron chi connectivity index (χ2n) is 8.82. The minimum atomic E-state index is -0.446. The number of halogens is 1. The summed E-state index contributed by atoms with van der Waals surface area (Å²) in [6.45, 7) is 1.26. The van der Waals surface area contributed by atoms with Crippen LogP contribution in [0.2, 0.25) is 0 Å². The number of anilines is 2. The fourth-order valence-electron chi connectivity index (χ4n) is 4.94. The van der Waals surface area contributed by atoms with Crippen molar-refractivity contribution in [3.8, 4) is 5.75 Å². The number of amides is 2. The molecule has 2 N–H and O–H groups in total. The molecule has 3 aliphatic rings. The molecule has 2 aromatic heterocycles. The lowest BCUT2D eigenvalue weighted by Crippen LogP contribution is -2.28. The predicted octanol–water partition coefficient (Wildman–Crippen LogP) is 2.32. The summed E-state index contributed by atoms with van der Waals surface area (Å²) < 4.78 is 27.0. The third-order valence-electron chi connectivity index (χ3n) is 6.58. The van der Waals surface area contributed by atoms with Crippen LogP contribution in [0.15, 0.2) is 41.3 Å². The molecule has 11 heteroatoms. The van der Waals surface area contributed by atoms with Gasteiger partial charge in [0, 0.05) is 23.9 Å². The second kappa shape index (κ2) is 8.35. The largest absolute Gasteiger partial charge is 0.482 e. The van der Waals surface area contributed by atoms with Gasteiger partial charge >= 0.3 is 6.09 Å². The van der Waals surface area contributed by atoms with Crippen LogP contribution in [0.5, 0.6) is 5.75 Å². The van der Waals surface area contributed by atoms with Gasteiger partial charge in [0.2, 0.25) is 0 Å². The Morgan fingerprint density at radius 2 is 2.06 bits per heavy atom. The van der Waals surface area contributed by atoms with Crippen LogP contribution in [0.1, 0.15) is 24.4 Å². The Morgan fingerprint density at radius 1 is 1.17 bits per heavy atom. The highest BCUT2D eigenvalue weighted by Crippen LogP contribution is 2.34. The zero-order valence-electron chi connectivity index (χ0n) is 18.6. The zero-order valence-corrected chi connectivity index (χ0v) is 18.6. The average Bonchev–Trinajstić information content (AvgIpc) is 3.42. The molecule has 2 atom stereocenters. The fourth-order valence-corrected chi connectivity index (χ4v) is 4.94. The SMILES string of the molecule is O=C1COc2ccc(N3C[C@@H](CCCN[C@@H]4Cn5c(=O)ccc6ncc(F)c4c65)OC3=O)cc2N1. The van der Waals surface area contributed by atoms with Gasteiger partial charge in [0.05, 0.1) is 35.5 Å². The van der Waals surface area contributed by atoms with Gasteiger partial charge < -0.3 is 24.7 Å². The summed E-state index contributed by atoms with van der Waals surface area (Å²) in [4.78, 5) is 41.9. The molecule has 0 bridgehead atoms. The van der Waals surface area contributed by atoms with Crippen molar-refractivity contribution in [1.82, 2.24) is 14.9 Å². The Balaban J connectivity index is 1.06. The minimum Gasteiger partial charge on any atom is -0.482 e. The molecule has 3 aliphatic heterocycles. The maximum atomic E-state index is 14.6. The van der Waals surface area contributed by atoms with Gasteiger partial charge in [-0.05, 0) is 43.7 Å². The van der Waals surface area contributed by atoms with E-state index < -0.39 is 11.9 Å². The maximum Gasteiger partial charge on any atom is 0.414 e. The van der Waals surface area contributed by atoms with Crippen molar-refractivity contribution < 1.29 is 23.5 Å². The number of hydrogen-bond donors (Lipinski definition) is 2. The normalized spacial score (nSPS) is 20.5. The Bertz CT molecular complexity index is 1420. The van der Waals surface area contributed by atoms with Crippen molar-refractivity contribution in [2.45, 2.75) is 31.5 Å². The summed E-state index contributed by atoms with van der Waals surface area (Å²) in [6, 6.07) is 7.90. The number of benzene rings is 1. The minimum absolute atomic E-state index is 0.0312. The van der Waals surface area contributed by atoms with Crippen LogP contribution in [0.3, 0.4) is 0 Å². The summed E-state index contributed by atoms with van der Waals surface area (Å²) >= 11 is 0. The van der Waals surface area contributed by atoms with Crippen LogP contribution >= 0.6 is 0 Å². The molecule has 0 saturated carbocycles. The van der Waals surface area contributed by atoms with Gasteiger partial charge in [-0.1, -0.05) is 0 Å². The molecule has 35 heavy (non-hydrogen) atoms. The zero-order chi connectivity index (χ0) is 24.1. The van der Waals surface area contributed by atoms with Crippen LogP contribution in [0.25, 0.3) is 11.0 Å². The van der Waals surface area contributed by atoms with Crippen LogP contribution in [0.4, 0.5) is 20.6 Å². The highest BCUT2D eigenvalue weighted by Gasteiger charge is 2.33. The molecule has 5 heterocycles. The van der Waals surface area contributed by atoms with Crippen LogP contribution in [0, 0.1) is 5.82 Å². The molecule has 3 aromatic rings. The van der Waals surface area contributed by atoms with Crippen LogP contribution in [-0.2, 0) is 16.1 Å². The van der Waals surface area contributed by atoms with E-state index in [0.29, 0.717) is 66.2 Å². The molecule has 1 saturated heterocycles. The van der Waals surface area contributed by atoms with E-state index in [1.54, 1.807) is 28.8 Å². The summed E-state index contributed by atoms with van der Waals surface area (Å²) in [5.74, 6) is -0.117. The molecule has 0 radical (unpaired) electrons. The van der Waals surface area contributed by atoms with E-state index in [2.05, 4.69) is 15.6 Å². The van der Waals surface area contributed by atoms with E-state index >= 15 is 0 Å². The third kappa shape index (κ3) is 3.77. The van der Waals surface area contributed by atoms with Crippen LogP contribution in [-0.4, -0.2) is 47.4 Å². The number of hydrogen-bond acceptors (Lipinski definition) is 7. The smallest absolute Gasteiger partial charge is 0.414 e.